The zero-order valence-electron chi connectivity index (χ0n) is 9.14. The second-order valence-corrected chi connectivity index (χ2v) is 3.82. The lowest BCUT2D eigenvalue weighted by Gasteiger charge is -2.13. The highest BCUT2D eigenvalue weighted by molar-refractivity contribution is 6.32. The van der Waals surface area contributed by atoms with E-state index in [9.17, 15) is 0 Å². The molecule has 0 spiro atoms. The summed E-state index contributed by atoms with van der Waals surface area (Å²) >= 11 is 5.97. The summed E-state index contributed by atoms with van der Waals surface area (Å²) in [5.74, 6) is 6.82. The van der Waals surface area contributed by atoms with Crippen molar-refractivity contribution in [2.24, 2.45) is 5.84 Å². The number of hydrogen-bond donors (Lipinski definition) is 3. The molecule has 0 saturated carbocycles. The summed E-state index contributed by atoms with van der Waals surface area (Å²) in [7, 11) is 0. The zero-order valence-corrected chi connectivity index (χ0v) is 9.90. The molecule has 0 fully saturated rings. The zero-order chi connectivity index (χ0) is 12.3. The Morgan fingerprint density at radius 2 is 2.35 bits per heavy atom. The number of nitrogens with one attached hydrogen (secondary N) is 2. The van der Waals surface area contributed by atoms with Gasteiger partial charge in [-0.1, -0.05) is 11.6 Å². The number of nitrogens with zero attached hydrogens (tertiary/aromatic N) is 2. The lowest BCUT2D eigenvalue weighted by atomic mass is 10.2. The van der Waals surface area contributed by atoms with Gasteiger partial charge in [-0.2, -0.15) is 4.98 Å². The Kier molecular flexibility index (Phi) is 3.46. The van der Waals surface area contributed by atoms with Crippen LogP contribution in [0.25, 0.3) is 0 Å². The molecule has 0 bridgehead atoms. The Balaban J connectivity index is 2.18. The molecule has 1 atom stereocenters. The summed E-state index contributed by atoms with van der Waals surface area (Å²) in [5.41, 5.74) is 2.36. The van der Waals surface area contributed by atoms with Crippen LogP contribution in [-0.4, -0.2) is 9.97 Å². The molecule has 7 heteroatoms. The number of rotatable bonds is 4. The van der Waals surface area contributed by atoms with Crippen molar-refractivity contribution < 1.29 is 4.42 Å². The van der Waals surface area contributed by atoms with Crippen LogP contribution in [0.4, 0.5) is 11.8 Å². The van der Waals surface area contributed by atoms with E-state index in [1.807, 2.05) is 19.1 Å². The highest BCUT2D eigenvalue weighted by Gasteiger charge is 2.11. The third-order valence-corrected chi connectivity index (χ3v) is 2.47. The number of hydrogen-bond acceptors (Lipinski definition) is 6. The van der Waals surface area contributed by atoms with E-state index >= 15 is 0 Å². The van der Waals surface area contributed by atoms with Crippen molar-refractivity contribution in [3.8, 4) is 0 Å². The molecule has 0 aliphatic rings. The molecule has 6 nitrogen and oxygen atoms in total. The molecule has 0 amide bonds. The third kappa shape index (κ3) is 2.66. The van der Waals surface area contributed by atoms with Gasteiger partial charge in [-0.05, 0) is 19.1 Å². The van der Waals surface area contributed by atoms with E-state index in [4.69, 9.17) is 21.9 Å². The van der Waals surface area contributed by atoms with Gasteiger partial charge in [0.05, 0.1) is 18.5 Å². The summed E-state index contributed by atoms with van der Waals surface area (Å²) in [6, 6.07) is 3.64. The van der Waals surface area contributed by atoms with E-state index in [2.05, 4.69) is 20.7 Å². The van der Waals surface area contributed by atoms with E-state index in [1.165, 1.54) is 6.20 Å². The van der Waals surface area contributed by atoms with Gasteiger partial charge in [0.15, 0.2) is 5.82 Å². The second-order valence-electron chi connectivity index (χ2n) is 3.42. The summed E-state index contributed by atoms with van der Waals surface area (Å²) in [6.07, 6.45) is 3.09. The second kappa shape index (κ2) is 5.03. The molecule has 2 heterocycles. The largest absolute Gasteiger partial charge is 0.467 e. The van der Waals surface area contributed by atoms with Crippen molar-refractivity contribution >= 4 is 23.4 Å². The number of nitrogens with two attached hydrogens (primary N) is 1. The molecule has 0 radical (unpaired) electrons. The van der Waals surface area contributed by atoms with E-state index in [0.717, 1.165) is 5.76 Å². The van der Waals surface area contributed by atoms with Gasteiger partial charge in [-0.25, -0.2) is 10.8 Å². The van der Waals surface area contributed by atoms with Crippen molar-refractivity contribution in [2.45, 2.75) is 13.0 Å². The first kappa shape index (κ1) is 11.7. The first-order chi connectivity index (χ1) is 8.20. The molecule has 90 valence electrons. The normalized spacial score (nSPS) is 12.2. The fraction of sp³-hybridized carbons (Fsp3) is 0.200. The molecule has 0 aromatic carbocycles. The minimum atomic E-state index is -0.0528. The monoisotopic (exact) mass is 253 g/mol. The Labute approximate surface area is 103 Å². The van der Waals surface area contributed by atoms with Crippen LogP contribution < -0.4 is 16.6 Å². The van der Waals surface area contributed by atoms with Gasteiger partial charge in [0.25, 0.3) is 0 Å². The van der Waals surface area contributed by atoms with Crippen LogP contribution in [0.5, 0.6) is 0 Å². The number of nitrogen functional groups attached to an aromatic ring is 1. The van der Waals surface area contributed by atoms with Crippen molar-refractivity contribution in [3.63, 3.8) is 0 Å². The maximum absolute atomic E-state index is 5.97. The number of hydrazine groups is 1. The Morgan fingerprint density at radius 3 is 3.00 bits per heavy atom. The summed E-state index contributed by atoms with van der Waals surface area (Å²) < 4.78 is 5.27. The molecular weight excluding hydrogens is 242 g/mol. The van der Waals surface area contributed by atoms with Gasteiger partial charge in [-0.15, -0.1) is 0 Å². The maximum atomic E-state index is 5.97. The summed E-state index contributed by atoms with van der Waals surface area (Å²) in [5, 5.41) is 3.53. The highest BCUT2D eigenvalue weighted by atomic mass is 35.5. The van der Waals surface area contributed by atoms with Gasteiger partial charge in [0, 0.05) is 0 Å². The quantitative estimate of drug-likeness (QED) is 0.572. The van der Waals surface area contributed by atoms with Crippen LogP contribution in [0.1, 0.15) is 18.7 Å². The van der Waals surface area contributed by atoms with Crippen LogP contribution in [0.3, 0.4) is 0 Å². The molecule has 17 heavy (non-hydrogen) atoms. The number of furan rings is 1. The Morgan fingerprint density at radius 1 is 1.53 bits per heavy atom. The molecule has 2 aromatic rings. The van der Waals surface area contributed by atoms with Gasteiger partial charge in [-0.3, -0.25) is 5.43 Å². The van der Waals surface area contributed by atoms with Gasteiger partial charge >= 0.3 is 0 Å². The van der Waals surface area contributed by atoms with Crippen LogP contribution in [-0.2, 0) is 0 Å². The van der Waals surface area contributed by atoms with E-state index in [-0.39, 0.29) is 6.04 Å². The van der Waals surface area contributed by atoms with E-state index in [1.54, 1.807) is 6.26 Å². The molecule has 2 aromatic heterocycles. The van der Waals surface area contributed by atoms with Crippen LogP contribution in [0.15, 0.2) is 29.0 Å². The third-order valence-electron chi connectivity index (χ3n) is 2.20. The van der Waals surface area contributed by atoms with E-state index < -0.39 is 0 Å². The van der Waals surface area contributed by atoms with Crippen molar-refractivity contribution in [2.75, 3.05) is 10.7 Å². The predicted octanol–water partition coefficient (Wildman–Crippen LogP) is 2.18. The number of aromatic nitrogens is 2. The molecule has 0 aliphatic heterocycles. The maximum Gasteiger partial charge on any atom is 0.239 e. The fourth-order valence-electron chi connectivity index (χ4n) is 1.35. The van der Waals surface area contributed by atoms with Gasteiger partial charge in [0.2, 0.25) is 5.95 Å². The first-order valence-corrected chi connectivity index (χ1v) is 5.37. The lowest BCUT2D eigenvalue weighted by Crippen LogP contribution is -2.13. The SMILES string of the molecule is CC(Nc1nc(NN)ncc1Cl)c1ccco1. The average Bonchev–Trinajstić information content (AvgIpc) is 2.85. The predicted molar refractivity (Wildman–Crippen MR) is 65.6 cm³/mol. The van der Waals surface area contributed by atoms with Crippen LogP contribution in [0, 0.1) is 0 Å². The smallest absolute Gasteiger partial charge is 0.239 e. The summed E-state index contributed by atoms with van der Waals surface area (Å²) in [6.45, 7) is 1.94. The molecule has 4 N–H and O–H groups in total. The topological polar surface area (TPSA) is 89.0 Å². The number of anilines is 2. The van der Waals surface area contributed by atoms with Crippen molar-refractivity contribution in [1.29, 1.82) is 0 Å². The lowest BCUT2D eigenvalue weighted by molar-refractivity contribution is 0.490. The standard InChI is InChI=1S/C10H12ClN5O/c1-6(8-3-2-4-17-8)14-9-7(11)5-13-10(15-9)16-12/h2-6H,12H2,1H3,(H2,13,14,15,16). The van der Waals surface area contributed by atoms with Crippen molar-refractivity contribution in [3.05, 3.63) is 35.4 Å². The minimum Gasteiger partial charge on any atom is -0.467 e. The average molecular weight is 254 g/mol. The van der Waals surface area contributed by atoms with Crippen LogP contribution in [0.2, 0.25) is 5.02 Å². The molecule has 0 saturated heterocycles. The van der Waals surface area contributed by atoms with Gasteiger partial charge < -0.3 is 9.73 Å². The van der Waals surface area contributed by atoms with E-state index in [0.29, 0.717) is 16.8 Å². The molecular formula is C10H12ClN5O. The first-order valence-electron chi connectivity index (χ1n) is 5.00. The fourth-order valence-corrected chi connectivity index (χ4v) is 1.50. The molecule has 1 unspecified atom stereocenters. The highest BCUT2D eigenvalue weighted by Crippen LogP contribution is 2.24. The van der Waals surface area contributed by atoms with Crippen molar-refractivity contribution in [1.82, 2.24) is 9.97 Å². The van der Waals surface area contributed by atoms with Gasteiger partial charge in [0.1, 0.15) is 10.8 Å². The number of halogens is 1. The Bertz CT molecular complexity index is 487. The molecule has 0 aliphatic carbocycles. The van der Waals surface area contributed by atoms with Crippen LogP contribution >= 0.6 is 11.6 Å². The summed E-state index contributed by atoms with van der Waals surface area (Å²) in [4.78, 5) is 7.99. The Hall–Kier alpha value is -1.79. The minimum absolute atomic E-state index is 0.0528. The molecule has 2 rings (SSSR count).